The van der Waals surface area contributed by atoms with Crippen LogP contribution in [-0.2, 0) is 19.1 Å². The van der Waals surface area contributed by atoms with E-state index in [2.05, 4.69) is 0 Å². The van der Waals surface area contributed by atoms with Crippen LogP contribution in [0.2, 0.25) is 0 Å². The van der Waals surface area contributed by atoms with E-state index in [0.717, 1.165) is 5.56 Å². The molecule has 2 bridgehead atoms. The fourth-order valence-electron chi connectivity index (χ4n) is 8.93. The Morgan fingerprint density at radius 3 is 2.33 bits per heavy atom. The van der Waals surface area contributed by atoms with Crippen molar-refractivity contribution in [1.29, 1.82) is 0 Å². The molecule has 3 aliphatic carbocycles. The summed E-state index contributed by atoms with van der Waals surface area (Å²) in [4.78, 5) is 27.5. The predicted octanol–water partition coefficient (Wildman–Crippen LogP) is 2.91. The molecule has 0 aromatic heterocycles. The zero-order valence-electron chi connectivity index (χ0n) is 24.5. The summed E-state index contributed by atoms with van der Waals surface area (Å²) in [6.07, 6.45) is -5.00. The zero-order chi connectivity index (χ0) is 29.6. The van der Waals surface area contributed by atoms with Gasteiger partial charge in [0, 0.05) is 29.6 Å². The van der Waals surface area contributed by atoms with Gasteiger partial charge in [-0.15, -0.1) is 0 Å². The van der Waals surface area contributed by atoms with Gasteiger partial charge in [-0.1, -0.05) is 65.0 Å². The van der Waals surface area contributed by atoms with Crippen LogP contribution in [0.15, 0.2) is 41.5 Å². The third-order valence-corrected chi connectivity index (χ3v) is 11.6. The predicted molar refractivity (Wildman–Crippen MR) is 147 cm³/mol. The van der Waals surface area contributed by atoms with Crippen molar-refractivity contribution < 1.29 is 39.5 Å². The summed E-state index contributed by atoms with van der Waals surface area (Å²) in [7, 11) is 0. The van der Waals surface area contributed by atoms with E-state index in [9.17, 15) is 30.0 Å². The number of benzene rings is 1. The Labute approximate surface area is 236 Å². The molecule has 4 aliphatic rings. The van der Waals surface area contributed by atoms with E-state index in [1.807, 2.05) is 58.0 Å². The Morgan fingerprint density at radius 2 is 1.75 bits per heavy atom. The minimum absolute atomic E-state index is 0.0276. The van der Waals surface area contributed by atoms with E-state index < -0.39 is 75.8 Å². The summed E-state index contributed by atoms with van der Waals surface area (Å²) in [6, 6.07) is 9.18. The number of Topliss-reactive ketones (excluding diaryl/α,β-unsaturated/α-hetero) is 1. The van der Waals surface area contributed by atoms with Gasteiger partial charge in [-0.25, -0.2) is 4.79 Å². The van der Waals surface area contributed by atoms with Gasteiger partial charge in [0.1, 0.15) is 12.2 Å². The van der Waals surface area contributed by atoms with E-state index in [1.54, 1.807) is 20.8 Å². The molecule has 3 unspecified atom stereocenters. The Balaban J connectivity index is 1.57. The second-order valence-corrected chi connectivity index (χ2v) is 13.8. The number of rotatable bonds is 4. The maximum Gasteiger partial charge on any atom is 0.336 e. The van der Waals surface area contributed by atoms with Crippen molar-refractivity contribution in [3.8, 4) is 0 Å². The van der Waals surface area contributed by atoms with Gasteiger partial charge in [0.05, 0.1) is 29.8 Å². The van der Waals surface area contributed by atoms with Crippen LogP contribution in [0.3, 0.4) is 0 Å². The van der Waals surface area contributed by atoms with Gasteiger partial charge in [0.2, 0.25) is 0 Å². The summed E-state index contributed by atoms with van der Waals surface area (Å²) in [5, 5.41) is 46.6. The molecular formula is C32H44O8. The second-order valence-electron chi connectivity index (χ2n) is 13.8. The molecule has 1 heterocycles. The molecule has 220 valence electrons. The van der Waals surface area contributed by atoms with Gasteiger partial charge < -0.3 is 29.9 Å². The van der Waals surface area contributed by atoms with Crippen molar-refractivity contribution in [3.63, 3.8) is 0 Å². The number of ether oxygens (including phenoxy) is 2. The van der Waals surface area contributed by atoms with Gasteiger partial charge in [0.15, 0.2) is 11.9 Å². The highest BCUT2D eigenvalue weighted by molar-refractivity contribution is 5.93. The van der Waals surface area contributed by atoms with Crippen LogP contribution < -0.4 is 0 Å². The van der Waals surface area contributed by atoms with Gasteiger partial charge in [-0.3, -0.25) is 4.79 Å². The molecule has 4 N–H and O–H groups in total. The van der Waals surface area contributed by atoms with Crippen LogP contribution in [0.1, 0.15) is 72.8 Å². The summed E-state index contributed by atoms with van der Waals surface area (Å²) < 4.78 is 11.7. The number of hydrogen-bond donors (Lipinski definition) is 4. The summed E-state index contributed by atoms with van der Waals surface area (Å²) >= 11 is 0. The van der Waals surface area contributed by atoms with Crippen LogP contribution >= 0.6 is 0 Å². The molecule has 0 spiro atoms. The number of aliphatic hydroxyl groups is 4. The third kappa shape index (κ3) is 3.76. The molecule has 8 nitrogen and oxygen atoms in total. The average Bonchev–Trinajstić information content (AvgIpc) is 2.91. The van der Waals surface area contributed by atoms with E-state index in [4.69, 9.17) is 9.47 Å². The molecule has 1 saturated heterocycles. The molecule has 5 rings (SSSR count). The topological polar surface area (TPSA) is 134 Å². The number of carbonyl (C=O) groups excluding carboxylic acids is 2. The highest BCUT2D eigenvalue weighted by atomic mass is 16.6. The maximum absolute atomic E-state index is 14.2. The molecule has 0 amide bonds. The molecule has 1 aromatic carbocycles. The van der Waals surface area contributed by atoms with Crippen LogP contribution in [0.25, 0.3) is 0 Å². The highest BCUT2D eigenvalue weighted by Gasteiger charge is 2.72. The molecule has 0 radical (unpaired) electrons. The van der Waals surface area contributed by atoms with Crippen molar-refractivity contribution in [2.75, 3.05) is 6.61 Å². The minimum Gasteiger partial charge on any atom is -0.456 e. The SMILES string of the molecule is CC1=C2[C@@H](O)C(=O)[C@@]3(C)C(C(C)[C@](O)(C[C@@H]1OC(=O)[C@H](O)[C@@H](C)c1ccccc1)C2(C)C)[C@]1(C)COC1C[C@@H]3O. The number of hydrogen-bond acceptors (Lipinski definition) is 8. The van der Waals surface area contributed by atoms with E-state index >= 15 is 0 Å². The second kappa shape index (κ2) is 9.46. The lowest BCUT2D eigenvalue weighted by molar-refractivity contribution is -0.302. The first-order chi connectivity index (χ1) is 18.5. The first-order valence-electron chi connectivity index (χ1n) is 14.4. The quantitative estimate of drug-likeness (QED) is 0.329. The Kier molecular flexibility index (Phi) is 6.95. The zero-order valence-corrected chi connectivity index (χ0v) is 24.5. The Hall–Kier alpha value is -2.10. The van der Waals surface area contributed by atoms with Gasteiger partial charge in [0.25, 0.3) is 0 Å². The highest BCUT2D eigenvalue weighted by Crippen LogP contribution is 2.66. The Morgan fingerprint density at radius 1 is 1.12 bits per heavy atom. The summed E-state index contributed by atoms with van der Waals surface area (Å²) in [6.45, 7) is 13.1. The monoisotopic (exact) mass is 556 g/mol. The molecular weight excluding hydrogens is 512 g/mol. The number of carbonyl (C=O) groups is 2. The molecule has 3 fully saturated rings. The third-order valence-electron chi connectivity index (χ3n) is 11.6. The number of ketones is 1. The summed E-state index contributed by atoms with van der Waals surface area (Å²) in [5.74, 6) is -2.88. The molecule has 40 heavy (non-hydrogen) atoms. The number of aliphatic hydroxyl groups excluding tert-OH is 3. The standard InChI is InChI=1S/C32H44O8/c1-16(19-11-9-8-10-12-19)24(34)28(37)40-20-14-32(38)18(3)26-30(6)15-39-22(30)13-21(33)31(26,7)27(36)25(35)23(17(20)2)29(32,4)5/h8-12,16,18,20-22,24-26,33-35,38H,13-15H2,1-7H3/t16-,18?,20-,21-,22?,24+,25+,26?,30+,31+,32+/m0/s1. The smallest absolute Gasteiger partial charge is 0.336 e. The van der Waals surface area contributed by atoms with E-state index in [-0.39, 0.29) is 18.9 Å². The van der Waals surface area contributed by atoms with Gasteiger partial charge >= 0.3 is 5.97 Å². The fourth-order valence-corrected chi connectivity index (χ4v) is 8.93. The largest absolute Gasteiger partial charge is 0.456 e. The minimum atomic E-state index is -1.60. The maximum atomic E-state index is 14.2. The molecule has 8 heteroatoms. The van der Waals surface area contributed by atoms with E-state index in [0.29, 0.717) is 17.8 Å². The average molecular weight is 557 g/mol. The van der Waals surface area contributed by atoms with Crippen molar-refractivity contribution >= 4 is 11.8 Å². The normalized spacial score (nSPS) is 43.8. The number of fused-ring (bicyclic) bond motifs is 5. The number of esters is 1. The van der Waals surface area contributed by atoms with Crippen molar-refractivity contribution in [2.45, 2.75) is 103 Å². The molecule has 1 aliphatic heterocycles. The van der Waals surface area contributed by atoms with Crippen LogP contribution in [0, 0.1) is 28.1 Å². The lowest BCUT2D eigenvalue weighted by Crippen LogP contribution is -2.75. The molecule has 1 aromatic rings. The lowest BCUT2D eigenvalue weighted by Gasteiger charge is -2.68. The van der Waals surface area contributed by atoms with Crippen molar-refractivity contribution in [1.82, 2.24) is 0 Å². The molecule has 11 atom stereocenters. The van der Waals surface area contributed by atoms with Crippen molar-refractivity contribution in [3.05, 3.63) is 47.0 Å². The first-order valence-corrected chi connectivity index (χ1v) is 14.4. The molecule has 2 saturated carbocycles. The van der Waals surface area contributed by atoms with E-state index in [1.165, 1.54) is 0 Å². The lowest BCUT2D eigenvalue weighted by atomic mass is 9.40. The van der Waals surface area contributed by atoms with Crippen LogP contribution in [0.4, 0.5) is 0 Å². The van der Waals surface area contributed by atoms with Crippen molar-refractivity contribution in [2.24, 2.45) is 28.1 Å². The van der Waals surface area contributed by atoms with Crippen LogP contribution in [0.5, 0.6) is 0 Å². The summed E-state index contributed by atoms with van der Waals surface area (Å²) in [5.41, 5.74) is -2.79. The van der Waals surface area contributed by atoms with Crippen LogP contribution in [-0.4, -0.2) is 74.9 Å². The Bertz CT molecular complexity index is 1220. The first kappa shape index (κ1) is 29.4. The fraction of sp³-hybridized carbons (Fsp3) is 0.688. The van der Waals surface area contributed by atoms with Gasteiger partial charge in [-0.2, -0.15) is 0 Å². The van der Waals surface area contributed by atoms with Gasteiger partial charge in [-0.05, 0) is 42.4 Å².